The number of halogens is 1. The maximum absolute atomic E-state index is 12.3. The Bertz CT molecular complexity index is 726. The van der Waals surface area contributed by atoms with Crippen LogP contribution in [0.25, 0.3) is 10.1 Å². The molecule has 1 amide bonds. The number of fused-ring (bicyclic) bond motifs is 1. The smallest absolute Gasteiger partial charge is 0.348 e. The second-order valence-electron chi connectivity index (χ2n) is 5.62. The predicted molar refractivity (Wildman–Crippen MR) is 99.3 cm³/mol. The third-order valence-electron chi connectivity index (χ3n) is 3.93. The van der Waals surface area contributed by atoms with Crippen LogP contribution < -0.4 is 10.6 Å². The molecular weight excluding hydrogens is 348 g/mol. The van der Waals surface area contributed by atoms with Crippen molar-refractivity contribution in [1.29, 1.82) is 0 Å². The molecule has 2 N–H and O–H groups in total. The first-order valence-corrected chi connectivity index (χ1v) is 8.71. The summed E-state index contributed by atoms with van der Waals surface area (Å²) < 4.78 is 6.03. The van der Waals surface area contributed by atoms with Gasteiger partial charge in [-0.2, -0.15) is 0 Å². The monoisotopic (exact) mass is 368 g/mol. The van der Waals surface area contributed by atoms with Gasteiger partial charge in [0, 0.05) is 16.9 Å². The summed E-state index contributed by atoms with van der Waals surface area (Å²) in [4.78, 5) is 24.7. The van der Waals surface area contributed by atoms with Crippen molar-refractivity contribution >= 4 is 51.4 Å². The minimum absolute atomic E-state index is 0. The van der Waals surface area contributed by atoms with Gasteiger partial charge in [0.25, 0.3) is 0 Å². The van der Waals surface area contributed by atoms with Crippen LogP contribution in [-0.4, -0.2) is 31.6 Å². The number of rotatable bonds is 4. The zero-order chi connectivity index (χ0) is 16.2. The van der Waals surface area contributed by atoms with E-state index < -0.39 is 0 Å². The van der Waals surface area contributed by atoms with E-state index in [2.05, 4.69) is 10.6 Å². The van der Waals surface area contributed by atoms with Crippen molar-refractivity contribution in [2.45, 2.75) is 19.8 Å². The summed E-state index contributed by atoms with van der Waals surface area (Å²) in [6.07, 6.45) is 1.96. The van der Waals surface area contributed by atoms with Gasteiger partial charge in [-0.15, -0.1) is 23.7 Å². The molecule has 2 heterocycles. The highest BCUT2D eigenvalue weighted by Crippen LogP contribution is 2.29. The first kappa shape index (κ1) is 18.7. The molecular formula is C17H21ClN2O3S. The average molecular weight is 369 g/mol. The first-order valence-electron chi connectivity index (χ1n) is 7.89. The number of benzene rings is 1. The lowest BCUT2D eigenvalue weighted by molar-refractivity contribution is -0.120. The van der Waals surface area contributed by atoms with Crippen LogP contribution >= 0.6 is 23.7 Å². The van der Waals surface area contributed by atoms with Crippen molar-refractivity contribution in [3.63, 3.8) is 0 Å². The summed E-state index contributed by atoms with van der Waals surface area (Å²) >= 11 is 1.40. The fourth-order valence-electron chi connectivity index (χ4n) is 2.74. The second kappa shape index (κ2) is 8.46. The van der Waals surface area contributed by atoms with Crippen LogP contribution in [0.3, 0.4) is 0 Å². The topological polar surface area (TPSA) is 67.4 Å². The molecule has 0 spiro atoms. The Morgan fingerprint density at radius 3 is 2.92 bits per heavy atom. The number of hydrogen-bond donors (Lipinski definition) is 2. The number of carbonyl (C=O) groups is 2. The van der Waals surface area contributed by atoms with E-state index in [0.717, 1.165) is 41.7 Å². The molecule has 1 aliphatic heterocycles. The predicted octanol–water partition coefficient (Wildman–Crippen LogP) is 3.44. The Hall–Kier alpha value is -1.63. The number of thiophene rings is 1. The van der Waals surface area contributed by atoms with Crippen LogP contribution in [0.4, 0.5) is 5.69 Å². The Kier molecular flexibility index (Phi) is 6.60. The largest absolute Gasteiger partial charge is 0.462 e. The first-order chi connectivity index (χ1) is 11.2. The van der Waals surface area contributed by atoms with E-state index >= 15 is 0 Å². The molecule has 0 aliphatic carbocycles. The summed E-state index contributed by atoms with van der Waals surface area (Å²) in [7, 11) is 0. The fraction of sp³-hybridized carbons (Fsp3) is 0.412. The van der Waals surface area contributed by atoms with Crippen molar-refractivity contribution in [2.24, 2.45) is 5.92 Å². The quantitative estimate of drug-likeness (QED) is 0.811. The third kappa shape index (κ3) is 4.26. The van der Waals surface area contributed by atoms with Gasteiger partial charge >= 0.3 is 5.97 Å². The van der Waals surface area contributed by atoms with Gasteiger partial charge in [-0.05, 0) is 56.0 Å². The SMILES string of the molecule is CCOC(=O)c1cc2cc(NC(=O)C3CCCNC3)ccc2s1.Cl. The lowest BCUT2D eigenvalue weighted by atomic mass is 9.99. The van der Waals surface area contributed by atoms with Crippen molar-refractivity contribution in [2.75, 3.05) is 25.0 Å². The number of hydrogen-bond acceptors (Lipinski definition) is 5. The highest BCUT2D eigenvalue weighted by atomic mass is 35.5. The molecule has 130 valence electrons. The van der Waals surface area contributed by atoms with Crippen LogP contribution in [0.5, 0.6) is 0 Å². The van der Waals surface area contributed by atoms with Gasteiger partial charge in [0.15, 0.2) is 0 Å². The lowest BCUT2D eigenvalue weighted by Gasteiger charge is -2.21. The van der Waals surface area contributed by atoms with Crippen LogP contribution in [0.2, 0.25) is 0 Å². The molecule has 24 heavy (non-hydrogen) atoms. The Labute approximate surface area is 151 Å². The average Bonchev–Trinajstić information content (AvgIpc) is 2.99. The van der Waals surface area contributed by atoms with Crippen molar-refractivity contribution < 1.29 is 14.3 Å². The molecule has 7 heteroatoms. The number of nitrogens with one attached hydrogen (secondary N) is 2. The van der Waals surface area contributed by atoms with E-state index in [-0.39, 0.29) is 30.2 Å². The second-order valence-corrected chi connectivity index (χ2v) is 6.70. The van der Waals surface area contributed by atoms with Crippen LogP contribution in [0, 0.1) is 5.92 Å². The van der Waals surface area contributed by atoms with E-state index in [1.165, 1.54) is 11.3 Å². The molecule has 0 saturated carbocycles. The summed E-state index contributed by atoms with van der Waals surface area (Å²) in [5.74, 6) is -0.220. The Morgan fingerprint density at radius 1 is 1.38 bits per heavy atom. The number of piperidine rings is 1. The standard InChI is InChI=1S/C17H20N2O3S.ClH/c1-2-22-17(21)15-9-12-8-13(5-6-14(12)23-15)19-16(20)11-4-3-7-18-10-11;/h5-6,8-9,11,18H,2-4,7,10H2,1H3,(H,19,20);1H. The third-order valence-corrected chi connectivity index (χ3v) is 5.02. The maximum Gasteiger partial charge on any atom is 0.348 e. The summed E-state index contributed by atoms with van der Waals surface area (Å²) in [5, 5.41) is 7.17. The molecule has 1 aliphatic rings. The molecule has 1 atom stereocenters. The zero-order valence-corrected chi connectivity index (χ0v) is 15.1. The van der Waals surface area contributed by atoms with Crippen LogP contribution in [0.1, 0.15) is 29.4 Å². The fourth-order valence-corrected chi connectivity index (χ4v) is 3.68. The van der Waals surface area contributed by atoms with Crippen molar-refractivity contribution in [1.82, 2.24) is 5.32 Å². The Morgan fingerprint density at radius 2 is 2.21 bits per heavy atom. The van der Waals surface area contributed by atoms with E-state index in [0.29, 0.717) is 11.5 Å². The number of amides is 1. The van der Waals surface area contributed by atoms with Gasteiger partial charge in [0.1, 0.15) is 4.88 Å². The molecule has 2 aromatic rings. The van der Waals surface area contributed by atoms with Crippen molar-refractivity contribution in [3.8, 4) is 0 Å². The number of carbonyl (C=O) groups excluding carboxylic acids is 2. The maximum atomic E-state index is 12.3. The van der Waals surface area contributed by atoms with Gasteiger partial charge in [0.2, 0.25) is 5.91 Å². The van der Waals surface area contributed by atoms with Gasteiger partial charge in [-0.3, -0.25) is 4.79 Å². The van der Waals surface area contributed by atoms with Gasteiger partial charge in [-0.1, -0.05) is 0 Å². The summed E-state index contributed by atoms with van der Waals surface area (Å²) in [5.41, 5.74) is 0.765. The van der Waals surface area contributed by atoms with Crippen LogP contribution in [-0.2, 0) is 9.53 Å². The number of anilines is 1. The number of esters is 1. The van der Waals surface area contributed by atoms with E-state index in [4.69, 9.17) is 4.74 Å². The molecule has 0 radical (unpaired) electrons. The molecule has 1 saturated heterocycles. The van der Waals surface area contributed by atoms with Crippen LogP contribution in [0.15, 0.2) is 24.3 Å². The minimum Gasteiger partial charge on any atom is -0.462 e. The zero-order valence-electron chi connectivity index (χ0n) is 13.5. The molecule has 5 nitrogen and oxygen atoms in total. The summed E-state index contributed by atoms with van der Waals surface area (Å²) in [6, 6.07) is 7.53. The van der Waals surface area contributed by atoms with Gasteiger partial charge in [-0.25, -0.2) is 4.79 Å². The molecule has 1 aromatic heterocycles. The normalized spacial score (nSPS) is 17.1. The highest BCUT2D eigenvalue weighted by Gasteiger charge is 2.21. The van der Waals surface area contributed by atoms with Crippen molar-refractivity contribution in [3.05, 3.63) is 29.1 Å². The lowest BCUT2D eigenvalue weighted by Crippen LogP contribution is -2.37. The minimum atomic E-state index is -0.299. The molecule has 1 unspecified atom stereocenters. The molecule has 3 rings (SSSR count). The molecule has 1 aromatic carbocycles. The highest BCUT2D eigenvalue weighted by molar-refractivity contribution is 7.20. The van der Waals surface area contributed by atoms with Gasteiger partial charge in [0.05, 0.1) is 12.5 Å². The van der Waals surface area contributed by atoms with E-state index in [9.17, 15) is 9.59 Å². The molecule has 1 fully saturated rings. The van der Waals surface area contributed by atoms with E-state index in [1.807, 2.05) is 24.3 Å². The molecule has 0 bridgehead atoms. The number of ether oxygens (including phenoxy) is 1. The van der Waals surface area contributed by atoms with E-state index in [1.54, 1.807) is 6.92 Å². The summed E-state index contributed by atoms with van der Waals surface area (Å²) in [6.45, 7) is 3.88. The van der Waals surface area contributed by atoms with Gasteiger partial charge < -0.3 is 15.4 Å². The Balaban J connectivity index is 0.00000208.